The number of hydrogen-bond donors (Lipinski definition) is 2. The highest BCUT2D eigenvalue weighted by molar-refractivity contribution is 9.10. The molecule has 1 unspecified atom stereocenters. The molecule has 3 rings (SSSR count). The number of hydrazine groups is 1. The molecule has 3 aromatic rings. The van der Waals surface area contributed by atoms with Gasteiger partial charge in [-0.3, -0.25) is 5.84 Å². The second-order valence-corrected chi connectivity index (χ2v) is 5.70. The van der Waals surface area contributed by atoms with E-state index in [-0.39, 0.29) is 11.9 Å². The van der Waals surface area contributed by atoms with E-state index in [4.69, 9.17) is 5.84 Å². The van der Waals surface area contributed by atoms with Crippen LogP contribution in [0.25, 0.3) is 10.8 Å². The molecule has 0 bridgehead atoms. The molecule has 0 fully saturated rings. The molecule has 0 aliphatic carbocycles. The van der Waals surface area contributed by atoms with Crippen LogP contribution in [-0.2, 0) is 0 Å². The first-order chi connectivity index (χ1) is 10.2. The lowest BCUT2D eigenvalue weighted by molar-refractivity contribution is 0.602. The molecule has 0 saturated heterocycles. The van der Waals surface area contributed by atoms with Gasteiger partial charge in [0.2, 0.25) is 0 Å². The zero-order chi connectivity index (χ0) is 14.8. The Morgan fingerprint density at radius 1 is 1.00 bits per heavy atom. The minimum absolute atomic E-state index is 0.265. The molecule has 106 valence electrons. The molecule has 0 aromatic heterocycles. The van der Waals surface area contributed by atoms with Gasteiger partial charge in [0.15, 0.2) is 0 Å². The molecule has 3 N–H and O–H groups in total. The van der Waals surface area contributed by atoms with Gasteiger partial charge in [-0.2, -0.15) is 0 Å². The Hall–Kier alpha value is -1.75. The molecular formula is C17H14BrFN2. The van der Waals surface area contributed by atoms with Crippen LogP contribution in [0.5, 0.6) is 0 Å². The van der Waals surface area contributed by atoms with Gasteiger partial charge in [0.1, 0.15) is 5.82 Å². The highest BCUT2D eigenvalue weighted by atomic mass is 79.9. The van der Waals surface area contributed by atoms with Crippen molar-refractivity contribution in [3.63, 3.8) is 0 Å². The van der Waals surface area contributed by atoms with Crippen LogP contribution in [0.4, 0.5) is 4.39 Å². The van der Waals surface area contributed by atoms with Gasteiger partial charge in [0.25, 0.3) is 0 Å². The standard InChI is InChI=1S/C17H14BrFN2/c18-15-9-8-12(10-16(15)19)17(21-20)14-7-3-5-11-4-1-2-6-13(11)14/h1-10,17,21H,20H2. The number of nitrogens with one attached hydrogen (secondary N) is 1. The highest BCUT2D eigenvalue weighted by Crippen LogP contribution is 2.30. The van der Waals surface area contributed by atoms with E-state index in [0.29, 0.717) is 4.47 Å². The summed E-state index contributed by atoms with van der Waals surface area (Å²) in [4.78, 5) is 0. The predicted octanol–water partition coefficient (Wildman–Crippen LogP) is 4.29. The van der Waals surface area contributed by atoms with Gasteiger partial charge in [0, 0.05) is 0 Å². The third kappa shape index (κ3) is 2.70. The van der Waals surface area contributed by atoms with Crippen LogP contribution in [0, 0.1) is 5.82 Å². The van der Waals surface area contributed by atoms with Gasteiger partial charge in [-0.25, -0.2) is 9.82 Å². The molecule has 0 radical (unpaired) electrons. The van der Waals surface area contributed by atoms with Crippen LogP contribution in [-0.4, -0.2) is 0 Å². The minimum Gasteiger partial charge on any atom is -0.271 e. The Kier molecular flexibility index (Phi) is 4.01. The van der Waals surface area contributed by atoms with E-state index in [1.807, 2.05) is 36.4 Å². The Labute approximate surface area is 130 Å². The van der Waals surface area contributed by atoms with Crippen molar-refractivity contribution in [3.05, 3.63) is 82.1 Å². The molecule has 0 amide bonds. The van der Waals surface area contributed by atoms with E-state index in [9.17, 15) is 4.39 Å². The number of nitrogens with two attached hydrogens (primary N) is 1. The monoisotopic (exact) mass is 344 g/mol. The van der Waals surface area contributed by atoms with Crippen molar-refractivity contribution in [3.8, 4) is 0 Å². The van der Waals surface area contributed by atoms with E-state index in [0.717, 1.165) is 21.9 Å². The molecule has 0 heterocycles. The fourth-order valence-electron chi connectivity index (χ4n) is 2.56. The van der Waals surface area contributed by atoms with Crippen molar-refractivity contribution in [2.45, 2.75) is 6.04 Å². The Morgan fingerprint density at radius 2 is 1.76 bits per heavy atom. The highest BCUT2D eigenvalue weighted by Gasteiger charge is 2.16. The maximum Gasteiger partial charge on any atom is 0.137 e. The lowest BCUT2D eigenvalue weighted by atomic mass is 9.94. The van der Waals surface area contributed by atoms with Crippen LogP contribution in [0.3, 0.4) is 0 Å². The Balaban J connectivity index is 2.16. The first-order valence-electron chi connectivity index (χ1n) is 6.59. The first-order valence-corrected chi connectivity index (χ1v) is 7.39. The fraction of sp³-hybridized carbons (Fsp3) is 0.0588. The summed E-state index contributed by atoms with van der Waals surface area (Å²) in [6, 6.07) is 18.9. The van der Waals surface area contributed by atoms with E-state index >= 15 is 0 Å². The molecular weight excluding hydrogens is 331 g/mol. The van der Waals surface area contributed by atoms with Gasteiger partial charge in [0.05, 0.1) is 10.5 Å². The summed E-state index contributed by atoms with van der Waals surface area (Å²) in [5.74, 6) is 5.43. The second kappa shape index (κ2) is 5.93. The zero-order valence-corrected chi connectivity index (χ0v) is 12.8. The quantitative estimate of drug-likeness (QED) is 0.549. The number of benzene rings is 3. The normalized spacial score (nSPS) is 12.5. The summed E-state index contributed by atoms with van der Waals surface area (Å²) >= 11 is 3.17. The van der Waals surface area contributed by atoms with E-state index < -0.39 is 0 Å². The molecule has 0 spiro atoms. The van der Waals surface area contributed by atoms with Crippen molar-refractivity contribution in [1.29, 1.82) is 0 Å². The molecule has 0 aliphatic rings. The van der Waals surface area contributed by atoms with Crippen molar-refractivity contribution >= 4 is 26.7 Å². The molecule has 21 heavy (non-hydrogen) atoms. The zero-order valence-electron chi connectivity index (χ0n) is 11.2. The van der Waals surface area contributed by atoms with Gasteiger partial charge in [-0.05, 0) is 50.0 Å². The number of fused-ring (bicyclic) bond motifs is 1. The van der Waals surface area contributed by atoms with Crippen LogP contribution in [0.2, 0.25) is 0 Å². The number of rotatable bonds is 3. The van der Waals surface area contributed by atoms with Crippen LogP contribution >= 0.6 is 15.9 Å². The maximum atomic E-state index is 13.8. The second-order valence-electron chi connectivity index (χ2n) is 4.84. The fourth-order valence-corrected chi connectivity index (χ4v) is 2.81. The predicted molar refractivity (Wildman–Crippen MR) is 87.2 cm³/mol. The minimum atomic E-state index is -0.298. The molecule has 3 aromatic carbocycles. The van der Waals surface area contributed by atoms with Gasteiger partial charge >= 0.3 is 0 Å². The average molecular weight is 345 g/mol. The van der Waals surface area contributed by atoms with Crippen molar-refractivity contribution in [2.24, 2.45) is 5.84 Å². The third-order valence-corrected chi connectivity index (χ3v) is 4.22. The molecule has 4 heteroatoms. The van der Waals surface area contributed by atoms with Crippen molar-refractivity contribution in [1.82, 2.24) is 5.43 Å². The molecule has 0 aliphatic heterocycles. The van der Waals surface area contributed by atoms with Gasteiger partial charge in [-0.15, -0.1) is 0 Å². The lowest BCUT2D eigenvalue weighted by Crippen LogP contribution is -2.29. The summed E-state index contributed by atoms with van der Waals surface area (Å²) in [7, 11) is 0. The first kappa shape index (κ1) is 14.2. The van der Waals surface area contributed by atoms with E-state index in [1.165, 1.54) is 6.07 Å². The lowest BCUT2D eigenvalue weighted by Gasteiger charge is -2.19. The summed E-state index contributed by atoms with van der Waals surface area (Å²) < 4.78 is 14.2. The molecule has 2 nitrogen and oxygen atoms in total. The van der Waals surface area contributed by atoms with Crippen LogP contribution in [0.1, 0.15) is 17.2 Å². The summed E-state index contributed by atoms with van der Waals surface area (Å²) in [5, 5.41) is 2.24. The number of hydrogen-bond acceptors (Lipinski definition) is 2. The summed E-state index contributed by atoms with van der Waals surface area (Å²) in [6.45, 7) is 0. The summed E-state index contributed by atoms with van der Waals surface area (Å²) in [6.07, 6.45) is 0. The summed E-state index contributed by atoms with van der Waals surface area (Å²) in [5.41, 5.74) is 4.60. The van der Waals surface area contributed by atoms with Crippen molar-refractivity contribution < 1.29 is 4.39 Å². The van der Waals surface area contributed by atoms with Crippen LogP contribution in [0.15, 0.2) is 65.1 Å². The Morgan fingerprint density at radius 3 is 2.52 bits per heavy atom. The van der Waals surface area contributed by atoms with Crippen molar-refractivity contribution in [2.75, 3.05) is 0 Å². The SMILES string of the molecule is NNC(c1ccc(Br)c(F)c1)c1cccc2ccccc12. The number of halogens is 2. The van der Waals surface area contributed by atoms with Crippen LogP contribution < -0.4 is 11.3 Å². The average Bonchev–Trinajstić information content (AvgIpc) is 2.52. The topological polar surface area (TPSA) is 38.0 Å². The largest absolute Gasteiger partial charge is 0.271 e. The molecule has 0 saturated carbocycles. The van der Waals surface area contributed by atoms with Gasteiger partial charge in [-0.1, -0.05) is 48.5 Å². The van der Waals surface area contributed by atoms with E-state index in [1.54, 1.807) is 6.07 Å². The smallest absolute Gasteiger partial charge is 0.137 e. The van der Waals surface area contributed by atoms with E-state index in [2.05, 4.69) is 33.5 Å². The molecule has 1 atom stereocenters. The third-order valence-electron chi connectivity index (χ3n) is 3.58. The maximum absolute atomic E-state index is 13.8. The Bertz CT molecular complexity index is 783. The van der Waals surface area contributed by atoms with Gasteiger partial charge < -0.3 is 0 Å².